The summed E-state index contributed by atoms with van der Waals surface area (Å²) < 4.78 is 0. The molecule has 0 N–H and O–H groups in total. The van der Waals surface area contributed by atoms with Crippen molar-refractivity contribution in [3.8, 4) is 0 Å². The smallest absolute Gasteiger partial charge is 0.0172 e. The fourth-order valence-electron chi connectivity index (χ4n) is 0.449. The van der Waals surface area contributed by atoms with E-state index in [1.54, 1.807) is 5.41 Å². The van der Waals surface area contributed by atoms with Gasteiger partial charge in [-0.15, -0.1) is 0 Å². The van der Waals surface area contributed by atoms with Gasteiger partial charge in [0.25, 0.3) is 0 Å². The van der Waals surface area contributed by atoms with Crippen LogP contribution in [0.25, 0.3) is 0 Å². The Labute approximate surface area is 49.4 Å². The molecule has 2 heteroatoms. The van der Waals surface area contributed by atoms with E-state index in [4.69, 9.17) is 0 Å². The summed E-state index contributed by atoms with van der Waals surface area (Å²) >= 11 is 3.92. The molecule has 0 bridgehead atoms. The van der Waals surface area contributed by atoms with E-state index in [9.17, 15) is 0 Å². The Balaban J connectivity index is 1.98. The summed E-state index contributed by atoms with van der Waals surface area (Å²) in [6, 6.07) is 0. The second-order valence-electron chi connectivity index (χ2n) is 1.69. The molecule has 1 aliphatic rings. The molecule has 1 heterocycles. The van der Waals surface area contributed by atoms with Crippen molar-refractivity contribution >= 4 is 12.6 Å². The SMILES string of the molecule is SC=CCN1CC1. The third-order valence-electron chi connectivity index (χ3n) is 1.01. The van der Waals surface area contributed by atoms with Crippen LogP contribution in [-0.2, 0) is 0 Å². The highest BCUT2D eigenvalue weighted by molar-refractivity contribution is 7.83. The zero-order chi connectivity index (χ0) is 5.11. The van der Waals surface area contributed by atoms with Crippen LogP contribution in [0.3, 0.4) is 0 Å². The molecular formula is C5H9NS. The van der Waals surface area contributed by atoms with Crippen molar-refractivity contribution in [1.82, 2.24) is 4.90 Å². The van der Waals surface area contributed by atoms with Gasteiger partial charge in [-0.05, 0) is 5.41 Å². The van der Waals surface area contributed by atoms with Gasteiger partial charge in [-0.25, -0.2) is 0 Å². The lowest BCUT2D eigenvalue weighted by atomic mass is 10.6. The van der Waals surface area contributed by atoms with Crippen LogP contribution in [-0.4, -0.2) is 24.5 Å². The quantitative estimate of drug-likeness (QED) is 0.410. The highest BCUT2D eigenvalue weighted by atomic mass is 32.1. The Morgan fingerprint density at radius 2 is 2.29 bits per heavy atom. The minimum Gasteiger partial charge on any atom is -0.297 e. The van der Waals surface area contributed by atoms with Crippen LogP contribution in [0.2, 0.25) is 0 Å². The van der Waals surface area contributed by atoms with Crippen LogP contribution < -0.4 is 0 Å². The zero-order valence-corrected chi connectivity index (χ0v) is 5.06. The molecule has 1 fully saturated rings. The fourth-order valence-corrected chi connectivity index (χ4v) is 0.544. The zero-order valence-electron chi connectivity index (χ0n) is 4.17. The van der Waals surface area contributed by atoms with Gasteiger partial charge in [-0.3, -0.25) is 4.90 Å². The van der Waals surface area contributed by atoms with E-state index in [1.165, 1.54) is 13.1 Å². The van der Waals surface area contributed by atoms with Crippen LogP contribution in [0.5, 0.6) is 0 Å². The van der Waals surface area contributed by atoms with Crippen molar-refractivity contribution in [2.45, 2.75) is 0 Å². The third kappa shape index (κ3) is 2.00. The maximum absolute atomic E-state index is 3.92. The second-order valence-corrected chi connectivity index (χ2v) is 1.98. The van der Waals surface area contributed by atoms with Gasteiger partial charge in [0.1, 0.15) is 0 Å². The van der Waals surface area contributed by atoms with E-state index in [-0.39, 0.29) is 0 Å². The highest BCUT2D eigenvalue weighted by Gasteiger charge is 2.13. The monoisotopic (exact) mass is 115 g/mol. The molecule has 0 spiro atoms. The molecule has 7 heavy (non-hydrogen) atoms. The first-order valence-corrected chi connectivity index (χ1v) is 2.96. The van der Waals surface area contributed by atoms with Gasteiger partial charge in [0.2, 0.25) is 0 Å². The van der Waals surface area contributed by atoms with Crippen LogP contribution in [0.15, 0.2) is 11.5 Å². The van der Waals surface area contributed by atoms with Crippen LogP contribution in [0.4, 0.5) is 0 Å². The summed E-state index contributed by atoms with van der Waals surface area (Å²) in [6.07, 6.45) is 2.05. The topological polar surface area (TPSA) is 3.01 Å². The summed E-state index contributed by atoms with van der Waals surface area (Å²) in [6.45, 7) is 3.64. The Kier molecular flexibility index (Phi) is 1.77. The Hall–Kier alpha value is 0.0500. The predicted octanol–water partition coefficient (Wildman–Crippen LogP) is 0.746. The number of hydrogen-bond acceptors (Lipinski definition) is 2. The molecule has 0 amide bonds. The highest BCUT2D eigenvalue weighted by Crippen LogP contribution is 2.01. The third-order valence-corrected chi connectivity index (χ3v) is 1.22. The lowest BCUT2D eigenvalue weighted by Crippen LogP contribution is -1.92. The van der Waals surface area contributed by atoms with Gasteiger partial charge in [-0.2, -0.15) is 12.6 Å². The molecule has 1 nitrogen and oxygen atoms in total. The van der Waals surface area contributed by atoms with Crippen molar-refractivity contribution in [2.75, 3.05) is 19.6 Å². The second kappa shape index (κ2) is 2.38. The average molecular weight is 115 g/mol. The van der Waals surface area contributed by atoms with Gasteiger partial charge >= 0.3 is 0 Å². The largest absolute Gasteiger partial charge is 0.297 e. The standard InChI is InChI=1S/C5H9NS/c7-5-1-2-6-3-4-6/h1,5,7H,2-4H2. The fraction of sp³-hybridized carbons (Fsp3) is 0.600. The lowest BCUT2D eigenvalue weighted by Gasteiger charge is -1.86. The summed E-state index contributed by atoms with van der Waals surface area (Å²) in [5.74, 6) is 0. The van der Waals surface area contributed by atoms with Gasteiger partial charge in [0, 0.05) is 19.6 Å². The van der Waals surface area contributed by atoms with Crippen molar-refractivity contribution in [3.63, 3.8) is 0 Å². The van der Waals surface area contributed by atoms with E-state index in [0.717, 1.165) is 6.54 Å². The van der Waals surface area contributed by atoms with E-state index in [2.05, 4.69) is 23.6 Å². The maximum Gasteiger partial charge on any atom is 0.0172 e. The van der Waals surface area contributed by atoms with E-state index in [0.29, 0.717) is 0 Å². The van der Waals surface area contributed by atoms with Crippen LogP contribution in [0.1, 0.15) is 0 Å². The lowest BCUT2D eigenvalue weighted by molar-refractivity contribution is 0.629. The molecule has 0 atom stereocenters. The minimum absolute atomic E-state index is 1.09. The molecule has 40 valence electrons. The van der Waals surface area contributed by atoms with Crippen LogP contribution in [0, 0.1) is 0 Å². The summed E-state index contributed by atoms with van der Waals surface area (Å²) in [4.78, 5) is 2.33. The number of rotatable bonds is 2. The first-order chi connectivity index (χ1) is 3.43. The van der Waals surface area contributed by atoms with E-state index in [1.807, 2.05) is 0 Å². The molecule has 1 rings (SSSR count). The molecule has 0 aromatic rings. The molecule has 0 saturated carbocycles. The predicted molar refractivity (Wildman–Crippen MR) is 34.6 cm³/mol. The number of nitrogens with zero attached hydrogens (tertiary/aromatic N) is 1. The molecule has 0 radical (unpaired) electrons. The van der Waals surface area contributed by atoms with Crippen molar-refractivity contribution in [1.29, 1.82) is 0 Å². The normalized spacial score (nSPS) is 21.3. The average Bonchev–Trinajstić information content (AvgIpc) is 2.42. The van der Waals surface area contributed by atoms with E-state index < -0.39 is 0 Å². The van der Waals surface area contributed by atoms with Gasteiger partial charge in [0.05, 0.1) is 0 Å². The minimum atomic E-state index is 1.09. The molecule has 1 aliphatic heterocycles. The Morgan fingerprint density at radius 3 is 2.71 bits per heavy atom. The molecule has 0 unspecified atom stereocenters. The molecule has 0 aromatic heterocycles. The maximum atomic E-state index is 3.92. The van der Waals surface area contributed by atoms with E-state index >= 15 is 0 Å². The summed E-state index contributed by atoms with van der Waals surface area (Å²) in [5.41, 5.74) is 0. The summed E-state index contributed by atoms with van der Waals surface area (Å²) in [5, 5.41) is 1.79. The Morgan fingerprint density at radius 1 is 1.57 bits per heavy atom. The van der Waals surface area contributed by atoms with Gasteiger partial charge in [0.15, 0.2) is 0 Å². The molecule has 0 aliphatic carbocycles. The molecule has 1 saturated heterocycles. The first kappa shape index (κ1) is 5.19. The first-order valence-electron chi connectivity index (χ1n) is 2.45. The van der Waals surface area contributed by atoms with Crippen LogP contribution >= 0.6 is 12.6 Å². The summed E-state index contributed by atoms with van der Waals surface area (Å²) in [7, 11) is 0. The number of thiol groups is 1. The van der Waals surface area contributed by atoms with Crippen molar-refractivity contribution in [2.24, 2.45) is 0 Å². The van der Waals surface area contributed by atoms with Gasteiger partial charge in [-0.1, -0.05) is 6.08 Å². The Bertz CT molecular complexity index is 76.1. The van der Waals surface area contributed by atoms with Gasteiger partial charge < -0.3 is 0 Å². The van der Waals surface area contributed by atoms with Crippen molar-refractivity contribution in [3.05, 3.63) is 11.5 Å². The number of hydrogen-bond donors (Lipinski definition) is 1. The molecular weight excluding hydrogens is 106 g/mol. The molecule has 0 aromatic carbocycles. The van der Waals surface area contributed by atoms with Crippen molar-refractivity contribution < 1.29 is 0 Å².